The lowest BCUT2D eigenvalue weighted by Crippen LogP contribution is -2.24. The molecule has 0 aliphatic carbocycles. The van der Waals surface area contributed by atoms with Crippen LogP contribution in [-0.2, 0) is 14.8 Å². The van der Waals surface area contributed by atoms with Gasteiger partial charge in [0, 0.05) is 24.7 Å². The Morgan fingerprint density at radius 2 is 1.85 bits per heavy atom. The van der Waals surface area contributed by atoms with Crippen LogP contribution in [0.1, 0.15) is 6.92 Å². The molecule has 1 amide bonds. The van der Waals surface area contributed by atoms with Gasteiger partial charge in [-0.1, -0.05) is 6.07 Å². The Labute approximate surface area is 155 Å². The highest BCUT2D eigenvalue weighted by atomic mass is 32.2. The van der Waals surface area contributed by atoms with Crippen molar-refractivity contribution >= 4 is 33.4 Å². The summed E-state index contributed by atoms with van der Waals surface area (Å²) in [4.78, 5) is 12.4. The number of hydrogen-bond acceptors (Lipinski definition) is 4. The normalized spacial score (nSPS) is 12.8. The number of carbonyl (C=O) groups is 1. The van der Waals surface area contributed by atoms with Crippen LogP contribution in [0.5, 0.6) is 0 Å². The van der Waals surface area contributed by atoms with E-state index in [9.17, 15) is 22.0 Å². The molecule has 0 fully saturated rings. The molecule has 0 spiro atoms. The first-order valence-corrected chi connectivity index (χ1v) is 9.88. The maximum Gasteiger partial charge on any atom is 0.242 e. The summed E-state index contributed by atoms with van der Waals surface area (Å²) in [7, 11) is -0.810. The Morgan fingerprint density at radius 1 is 1.15 bits per heavy atom. The van der Waals surface area contributed by atoms with E-state index in [0.717, 1.165) is 34.3 Å². The predicted octanol–water partition coefficient (Wildman–Crippen LogP) is 3.33. The molecule has 0 aliphatic rings. The Morgan fingerprint density at radius 3 is 2.50 bits per heavy atom. The molecular weight excluding hydrogens is 382 g/mol. The van der Waals surface area contributed by atoms with Gasteiger partial charge in [-0.15, -0.1) is 11.8 Å². The minimum Gasteiger partial charge on any atom is -0.325 e. The van der Waals surface area contributed by atoms with Crippen LogP contribution in [0.4, 0.5) is 14.5 Å². The summed E-state index contributed by atoms with van der Waals surface area (Å²) in [5.41, 5.74) is 0.296. The van der Waals surface area contributed by atoms with Crippen LogP contribution < -0.4 is 5.32 Å². The number of nitrogens with zero attached hydrogens (tertiary/aromatic N) is 1. The smallest absolute Gasteiger partial charge is 0.242 e. The summed E-state index contributed by atoms with van der Waals surface area (Å²) < 4.78 is 52.3. The molecule has 0 aromatic heterocycles. The Kier molecular flexibility index (Phi) is 6.38. The van der Waals surface area contributed by atoms with Gasteiger partial charge in [-0.25, -0.2) is 21.5 Å². The quantitative estimate of drug-likeness (QED) is 0.756. The van der Waals surface area contributed by atoms with Gasteiger partial charge in [-0.05, 0) is 43.3 Å². The van der Waals surface area contributed by atoms with E-state index in [1.807, 2.05) is 0 Å². The first kappa shape index (κ1) is 20.3. The van der Waals surface area contributed by atoms with Crippen molar-refractivity contribution in [1.82, 2.24) is 4.31 Å². The molecule has 0 bridgehead atoms. The van der Waals surface area contributed by atoms with Gasteiger partial charge < -0.3 is 5.32 Å². The molecule has 0 saturated heterocycles. The van der Waals surface area contributed by atoms with Crippen LogP contribution in [0.25, 0.3) is 0 Å². The molecule has 0 aliphatic heterocycles. The van der Waals surface area contributed by atoms with Gasteiger partial charge >= 0.3 is 0 Å². The third-order valence-electron chi connectivity index (χ3n) is 3.45. The van der Waals surface area contributed by atoms with Crippen LogP contribution >= 0.6 is 11.8 Å². The number of anilines is 1. The molecule has 0 heterocycles. The fourth-order valence-corrected chi connectivity index (χ4v) is 3.86. The zero-order chi connectivity index (χ0) is 19.5. The van der Waals surface area contributed by atoms with Crippen LogP contribution in [0.3, 0.4) is 0 Å². The highest BCUT2D eigenvalue weighted by Gasteiger charge is 2.20. The van der Waals surface area contributed by atoms with Crippen LogP contribution in [-0.4, -0.2) is 38.0 Å². The molecular formula is C17H18F2N2O3S2. The molecule has 2 rings (SSSR count). The van der Waals surface area contributed by atoms with Crippen molar-refractivity contribution in [3.8, 4) is 0 Å². The predicted molar refractivity (Wildman–Crippen MR) is 97.6 cm³/mol. The Hall–Kier alpha value is -1.97. The van der Waals surface area contributed by atoms with E-state index in [0.29, 0.717) is 5.69 Å². The van der Waals surface area contributed by atoms with E-state index < -0.39 is 32.8 Å². The molecule has 0 saturated carbocycles. The van der Waals surface area contributed by atoms with Gasteiger partial charge in [0.1, 0.15) is 11.6 Å². The van der Waals surface area contributed by atoms with Crippen molar-refractivity contribution in [2.24, 2.45) is 0 Å². The van der Waals surface area contributed by atoms with E-state index >= 15 is 0 Å². The number of sulfonamides is 1. The molecule has 0 unspecified atom stereocenters. The van der Waals surface area contributed by atoms with Crippen LogP contribution in [0.15, 0.2) is 52.3 Å². The minimum atomic E-state index is -3.63. The lowest BCUT2D eigenvalue weighted by Gasteiger charge is -2.15. The number of thioether (sulfide) groups is 1. The minimum absolute atomic E-state index is 0.0246. The summed E-state index contributed by atoms with van der Waals surface area (Å²) in [5.74, 6) is -1.67. The first-order chi connectivity index (χ1) is 12.1. The number of halogens is 2. The second-order valence-corrected chi connectivity index (χ2v) is 9.17. The van der Waals surface area contributed by atoms with Crippen LogP contribution in [0.2, 0.25) is 0 Å². The molecule has 1 atom stereocenters. The van der Waals surface area contributed by atoms with E-state index in [1.165, 1.54) is 32.3 Å². The van der Waals surface area contributed by atoms with Gasteiger partial charge in [0.2, 0.25) is 15.9 Å². The molecule has 26 heavy (non-hydrogen) atoms. The lowest BCUT2D eigenvalue weighted by atomic mass is 10.3. The summed E-state index contributed by atoms with van der Waals surface area (Å²) in [6.07, 6.45) is 0. The van der Waals surface area contributed by atoms with Gasteiger partial charge in [0.25, 0.3) is 0 Å². The Bertz CT molecular complexity index is 918. The highest BCUT2D eigenvalue weighted by Crippen LogP contribution is 2.28. The second-order valence-electron chi connectivity index (χ2n) is 5.64. The number of benzene rings is 2. The van der Waals surface area contributed by atoms with Crippen molar-refractivity contribution < 1.29 is 22.0 Å². The second kappa shape index (κ2) is 8.15. The van der Waals surface area contributed by atoms with Gasteiger partial charge in [-0.3, -0.25) is 4.79 Å². The molecule has 9 heteroatoms. The topological polar surface area (TPSA) is 66.5 Å². The third kappa shape index (κ3) is 4.80. The molecule has 1 N–H and O–H groups in total. The van der Waals surface area contributed by atoms with E-state index in [2.05, 4.69) is 5.32 Å². The van der Waals surface area contributed by atoms with E-state index in [-0.39, 0.29) is 9.79 Å². The maximum absolute atomic E-state index is 13.7. The van der Waals surface area contributed by atoms with Crippen molar-refractivity contribution in [1.29, 1.82) is 0 Å². The molecule has 5 nitrogen and oxygen atoms in total. The molecule has 2 aromatic carbocycles. The number of carbonyl (C=O) groups excluding carboxylic acids is 1. The fraction of sp³-hybridized carbons (Fsp3) is 0.235. The monoisotopic (exact) mass is 400 g/mol. The maximum atomic E-state index is 13.7. The molecule has 0 radical (unpaired) electrons. The summed E-state index contributed by atoms with van der Waals surface area (Å²) in [6.45, 7) is 1.55. The summed E-state index contributed by atoms with van der Waals surface area (Å²) in [5, 5.41) is 1.87. The largest absolute Gasteiger partial charge is 0.325 e. The number of nitrogens with one attached hydrogen (secondary N) is 1. The average molecular weight is 400 g/mol. The summed E-state index contributed by atoms with van der Waals surface area (Å²) in [6, 6.07) is 8.84. The Balaban J connectivity index is 2.13. The first-order valence-electron chi connectivity index (χ1n) is 7.56. The van der Waals surface area contributed by atoms with Crippen molar-refractivity contribution in [2.45, 2.75) is 22.0 Å². The van der Waals surface area contributed by atoms with Gasteiger partial charge in [0.15, 0.2) is 0 Å². The number of rotatable bonds is 6. The fourth-order valence-electron chi connectivity index (χ4n) is 2.00. The van der Waals surface area contributed by atoms with Crippen molar-refractivity contribution in [3.63, 3.8) is 0 Å². The number of amides is 1. The van der Waals surface area contributed by atoms with Gasteiger partial charge in [-0.2, -0.15) is 0 Å². The standard InChI is InChI=1S/C17H18F2N2O3S2/c1-11(25-16-9-12(18)7-8-15(16)19)17(22)20-13-5-4-6-14(10-13)26(23,24)21(2)3/h4-11H,1-3H3,(H,20,22)/t11-/m0/s1. The summed E-state index contributed by atoms with van der Waals surface area (Å²) >= 11 is 0.873. The van der Waals surface area contributed by atoms with E-state index in [4.69, 9.17) is 0 Å². The average Bonchev–Trinajstić information content (AvgIpc) is 2.58. The molecule has 2 aromatic rings. The van der Waals surface area contributed by atoms with E-state index in [1.54, 1.807) is 13.0 Å². The third-order valence-corrected chi connectivity index (χ3v) is 6.39. The SMILES string of the molecule is C[C@H](Sc1cc(F)ccc1F)C(=O)Nc1cccc(S(=O)(=O)N(C)C)c1. The molecule has 140 valence electrons. The van der Waals surface area contributed by atoms with Gasteiger partial charge in [0.05, 0.1) is 10.1 Å². The lowest BCUT2D eigenvalue weighted by molar-refractivity contribution is -0.115. The van der Waals surface area contributed by atoms with Crippen molar-refractivity contribution in [3.05, 3.63) is 54.1 Å². The van der Waals surface area contributed by atoms with Crippen molar-refractivity contribution in [2.75, 3.05) is 19.4 Å². The zero-order valence-corrected chi connectivity index (χ0v) is 16.0. The zero-order valence-electron chi connectivity index (χ0n) is 14.4. The highest BCUT2D eigenvalue weighted by molar-refractivity contribution is 8.00. The number of hydrogen-bond donors (Lipinski definition) is 1. The van der Waals surface area contributed by atoms with Crippen LogP contribution in [0, 0.1) is 11.6 Å².